The Balaban J connectivity index is 3.07. The average molecular weight is 232 g/mol. The number of hydrogen-bond donors (Lipinski definition) is 0. The molecule has 0 saturated heterocycles. The summed E-state index contributed by atoms with van der Waals surface area (Å²) in [6.45, 7) is 6.86. The molecular formula is C12H24O4. The van der Waals surface area contributed by atoms with Gasteiger partial charge in [-0.15, -0.1) is 0 Å². The minimum atomic E-state index is 0.136. The van der Waals surface area contributed by atoms with Crippen molar-refractivity contribution >= 4 is 5.78 Å². The van der Waals surface area contributed by atoms with Crippen LogP contribution in [0, 0.1) is 5.92 Å². The topological polar surface area (TPSA) is 44.8 Å². The molecule has 0 radical (unpaired) electrons. The first kappa shape index (κ1) is 15.6. The van der Waals surface area contributed by atoms with Gasteiger partial charge in [0.25, 0.3) is 0 Å². The molecule has 4 nitrogen and oxygen atoms in total. The molecule has 0 atom stereocenters. The number of carbonyl (C=O) groups is 1. The highest BCUT2D eigenvalue weighted by atomic mass is 16.5. The van der Waals surface area contributed by atoms with E-state index in [1.165, 1.54) is 0 Å². The second kappa shape index (κ2) is 11.0. The van der Waals surface area contributed by atoms with Gasteiger partial charge in [-0.2, -0.15) is 0 Å². The molecule has 0 saturated carbocycles. The van der Waals surface area contributed by atoms with E-state index < -0.39 is 0 Å². The van der Waals surface area contributed by atoms with Crippen molar-refractivity contribution in [2.24, 2.45) is 5.92 Å². The molecule has 0 aromatic heterocycles. The van der Waals surface area contributed by atoms with Crippen molar-refractivity contribution in [2.45, 2.75) is 26.7 Å². The summed E-state index contributed by atoms with van der Waals surface area (Å²) in [5.41, 5.74) is 0. The van der Waals surface area contributed by atoms with Crippen molar-refractivity contribution < 1.29 is 19.0 Å². The number of carbonyl (C=O) groups excluding carboxylic acids is 1. The van der Waals surface area contributed by atoms with Crippen molar-refractivity contribution in [2.75, 3.05) is 40.1 Å². The van der Waals surface area contributed by atoms with Gasteiger partial charge in [-0.05, 0) is 6.42 Å². The Morgan fingerprint density at radius 2 is 1.56 bits per heavy atom. The molecule has 4 heteroatoms. The van der Waals surface area contributed by atoms with E-state index in [2.05, 4.69) is 0 Å². The van der Waals surface area contributed by atoms with Crippen LogP contribution in [0.2, 0.25) is 0 Å². The molecular weight excluding hydrogens is 208 g/mol. The van der Waals surface area contributed by atoms with E-state index in [0.29, 0.717) is 45.2 Å². The summed E-state index contributed by atoms with van der Waals surface area (Å²) in [6, 6.07) is 0. The van der Waals surface area contributed by atoms with Crippen molar-refractivity contribution in [3.63, 3.8) is 0 Å². The Hall–Kier alpha value is -0.450. The third-order valence-electron chi connectivity index (χ3n) is 2.16. The third kappa shape index (κ3) is 10.1. The zero-order chi connectivity index (χ0) is 12.2. The molecule has 0 bridgehead atoms. The fourth-order valence-electron chi connectivity index (χ4n) is 1.10. The molecule has 0 amide bonds. The van der Waals surface area contributed by atoms with E-state index in [9.17, 15) is 4.79 Å². The summed E-state index contributed by atoms with van der Waals surface area (Å²) in [4.78, 5) is 11.3. The third-order valence-corrected chi connectivity index (χ3v) is 2.16. The predicted molar refractivity (Wildman–Crippen MR) is 62.6 cm³/mol. The smallest absolute Gasteiger partial charge is 0.135 e. The first-order valence-electron chi connectivity index (χ1n) is 5.85. The largest absolute Gasteiger partial charge is 0.382 e. The van der Waals surface area contributed by atoms with E-state index in [1.807, 2.05) is 13.8 Å². The second-order valence-corrected chi connectivity index (χ2v) is 3.94. The van der Waals surface area contributed by atoms with Gasteiger partial charge in [0.15, 0.2) is 0 Å². The van der Waals surface area contributed by atoms with Crippen LogP contribution in [0.1, 0.15) is 26.7 Å². The van der Waals surface area contributed by atoms with Gasteiger partial charge in [0.1, 0.15) is 5.78 Å². The molecule has 0 N–H and O–H groups in total. The fourth-order valence-corrected chi connectivity index (χ4v) is 1.10. The van der Waals surface area contributed by atoms with Gasteiger partial charge in [0.2, 0.25) is 0 Å². The highest BCUT2D eigenvalue weighted by Crippen LogP contribution is 2.01. The van der Waals surface area contributed by atoms with Gasteiger partial charge >= 0.3 is 0 Å². The van der Waals surface area contributed by atoms with Crippen LogP contribution in [0.4, 0.5) is 0 Å². The number of Topliss-reactive ketones (excluding diaryl/α,β-unsaturated/α-hetero) is 1. The van der Waals surface area contributed by atoms with Crippen LogP contribution < -0.4 is 0 Å². The summed E-state index contributed by atoms with van der Waals surface area (Å²) in [5.74, 6) is 0.442. The summed E-state index contributed by atoms with van der Waals surface area (Å²) in [7, 11) is 1.64. The summed E-state index contributed by atoms with van der Waals surface area (Å²) in [5, 5.41) is 0. The lowest BCUT2D eigenvalue weighted by molar-refractivity contribution is -0.122. The summed E-state index contributed by atoms with van der Waals surface area (Å²) < 4.78 is 15.4. The van der Waals surface area contributed by atoms with Gasteiger partial charge in [0, 0.05) is 26.1 Å². The van der Waals surface area contributed by atoms with Crippen LogP contribution in [0.5, 0.6) is 0 Å². The maximum Gasteiger partial charge on any atom is 0.135 e. The zero-order valence-electron chi connectivity index (χ0n) is 10.7. The van der Waals surface area contributed by atoms with Crippen LogP contribution in [0.3, 0.4) is 0 Å². The van der Waals surface area contributed by atoms with E-state index in [1.54, 1.807) is 7.11 Å². The molecule has 0 aliphatic rings. The highest BCUT2D eigenvalue weighted by Gasteiger charge is 2.05. The van der Waals surface area contributed by atoms with Gasteiger partial charge in [0.05, 0.1) is 26.4 Å². The van der Waals surface area contributed by atoms with Gasteiger partial charge in [-0.25, -0.2) is 0 Å². The van der Waals surface area contributed by atoms with E-state index >= 15 is 0 Å². The first-order chi connectivity index (χ1) is 7.68. The van der Waals surface area contributed by atoms with Crippen LogP contribution in [0.15, 0.2) is 0 Å². The lowest BCUT2D eigenvalue weighted by Gasteiger charge is -2.06. The monoisotopic (exact) mass is 232 g/mol. The van der Waals surface area contributed by atoms with Crippen LogP contribution >= 0.6 is 0 Å². The van der Waals surface area contributed by atoms with Crippen LogP contribution in [0.25, 0.3) is 0 Å². The average Bonchev–Trinajstić information content (AvgIpc) is 2.26. The Labute approximate surface area is 98.3 Å². The molecule has 96 valence electrons. The molecule has 0 aliphatic carbocycles. The van der Waals surface area contributed by atoms with Crippen LogP contribution in [-0.2, 0) is 19.0 Å². The molecule has 0 heterocycles. The number of methoxy groups -OCH3 is 1. The van der Waals surface area contributed by atoms with E-state index in [-0.39, 0.29) is 5.92 Å². The maximum atomic E-state index is 11.3. The Kier molecular flexibility index (Phi) is 10.7. The first-order valence-corrected chi connectivity index (χ1v) is 5.85. The molecule has 0 aliphatic heterocycles. The molecule has 0 unspecified atom stereocenters. The van der Waals surface area contributed by atoms with Gasteiger partial charge in [-0.1, -0.05) is 13.8 Å². The summed E-state index contributed by atoms with van der Waals surface area (Å²) in [6.07, 6.45) is 1.41. The Bertz CT molecular complexity index is 168. The quantitative estimate of drug-likeness (QED) is 0.508. The normalized spacial score (nSPS) is 11.0. The lowest BCUT2D eigenvalue weighted by atomic mass is 10.1. The Morgan fingerprint density at radius 3 is 2.12 bits per heavy atom. The Morgan fingerprint density at radius 1 is 1.00 bits per heavy atom. The number of rotatable bonds is 11. The van der Waals surface area contributed by atoms with Crippen molar-refractivity contribution in [3.05, 3.63) is 0 Å². The predicted octanol–water partition coefficient (Wildman–Crippen LogP) is 1.67. The van der Waals surface area contributed by atoms with Gasteiger partial charge < -0.3 is 14.2 Å². The fraction of sp³-hybridized carbons (Fsp3) is 0.917. The van der Waals surface area contributed by atoms with E-state index in [0.717, 1.165) is 6.42 Å². The SMILES string of the molecule is COCCOCCOCCCC(=O)C(C)C. The molecule has 0 aromatic carbocycles. The summed E-state index contributed by atoms with van der Waals surface area (Å²) >= 11 is 0. The minimum Gasteiger partial charge on any atom is -0.382 e. The van der Waals surface area contributed by atoms with Crippen molar-refractivity contribution in [1.82, 2.24) is 0 Å². The number of ketones is 1. The molecule has 16 heavy (non-hydrogen) atoms. The zero-order valence-corrected chi connectivity index (χ0v) is 10.7. The van der Waals surface area contributed by atoms with Crippen molar-refractivity contribution in [3.8, 4) is 0 Å². The number of hydrogen-bond acceptors (Lipinski definition) is 4. The molecule has 0 spiro atoms. The lowest BCUT2D eigenvalue weighted by Crippen LogP contribution is -2.11. The minimum absolute atomic E-state index is 0.136. The maximum absolute atomic E-state index is 11.3. The molecule has 0 aromatic rings. The molecule has 0 fully saturated rings. The molecule has 0 rings (SSSR count). The highest BCUT2D eigenvalue weighted by molar-refractivity contribution is 5.80. The standard InChI is InChI=1S/C12H24O4/c1-11(2)12(13)5-4-6-15-9-10-16-8-7-14-3/h11H,4-10H2,1-3H3. The van der Waals surface area contributed by atoms with Crippen molar-refractivity contribution in [1.29, 1.82) is 0 Å². The van der Waals surface area contributed by atoms with E-state index in [4.69, 9.17) is 14.2 Å². The van der Waals surface area contributed by atoms with Gasteiger partial charge in [-0.3, -0.25) is 4.79 Å². The van der Waals surface area contributed by atoms with Crippen LogP contribution in [-0.4, -0.2) is 45.9 Å². The second-order valence-electron chi connectivity index (χ2n) is 3.94. The number of ether oxygens (including phenoxy) is 3.